The summed E-state index contributed by atoms with van der Waals surface area (Å²) in [5.41, 5.74) is 6.03. The third-order valence-electron chi connectivity index (χ3n) is 2.26. The molecule has 1 aromatic carbocycles. The number of rotatable bonds is 5. The Morgan fingerprint density at radius 2 is 2.11 bits per heavy atom. The van der Waals surface area contributed by atoms with Crippen molar-refractivity contribution < 1.29 is 18.3 Å². The molecule has 0 bridgehead atoms. The number of carbonyl (C=O) groups is 1. The Bertz CT molecular complexity index is 540. The highest BCUT2D eigenvalue weighted by Crippen LogP contribution is 2.18. The largest absolute Gasteiger partial charge is 0.508 e. The normalized spacial score (nSPS) is 11.2. The Hall–Kier alpha value is -1.76. The van der Waals surface area contributed by atoms with E-state index in [1.807, 2.05) is 0 Å². The number of carbonyl (C=O) groups excluding carboxylic acids is 1. The van der Waals surface area contributed by atoms with Gasteiger partial charge in [-0.05, 0) is 24.6 Å². The lowest BCUT2D eigenvalue weighted by Crippen LogP contribution is -2.26. The molecule has 18 heavy (non-hydrogen) atoms. The molecule has 1 amide bonds. The van der Waals surface area contributed by atoms with Crippen LogP contribution in [0.4, 0.5) is 5.69 Å². The fourth-order valence-electron chi connectivity index (χ4n) is 1.37. The summed E-state index contributed by atoms with van der Waals surface area (Å²) in [6.07, 6.45) is 1.48. The Morgan fingerprint density at radius 3 is 2.72 bits per heavy atom. The number of aromatic hydroxyl groups is 1. The lowest BCUT2D eigenvalue weighted by Gasteiger charge is -2.07. The molecule has 0 aliphatic heterocycles. The van der Waals surface area contributed by atoms with E-state index < -0.39 is 15.7 Å². The first-order valence-corrected chi connectivity index (χ1v) is 7.40. The number of benzene rings is 1. The highest BCUT2D eigenvalue weighted by molar-refractivity contribution is 7.90. The van der Waals surface area contributed by atoms with E-state index in [0.717, 1.165) is 6.26 Å². The molecule has 0 aromatic heterocycles. The van der Waals surface area contributed by atoms with E-state index >= 15 is 0 Å². The number of anilines is 1. The summed E-state index contributed by atoms with van der Waals surface area (Å²) in [7, 11) is -3.02. The number of nitrogens with one attached hydrogen (secondary N) is 1. The van der Waals surface area contributed by atoms with Crippen molar-refractivity contribution in [1.82, 2.24) is 5.32 Å². The zero-order chi connectivity index (χ0) is 13.8. The average Bonchev–Trinajstić information content (AvgIpc) is 2.26. The van der Waals surface area contributed by atoms with Crippen LogP contribution in [0.1, 0.15) is 16.8 Å². The van der Waals surface area contributed by atoms with Crippen LogP contribution < -0.4 is 11.1 Å². The van der Waals surface area contributed by atoms with E-state index in [1.165, 1.54) is 18.2 Å². The van der Waals surface area contributed by atoms with Gasteiger partial charge in [0, 0.05) is 18.5 Å². The second kappa shape index (κ2) is 5.72. The molecule has 0 aliphatic rings. The first kappa shape index (κ1) is 14.3. The molecule has 0 radical (unpaired) electrons. The van der Waals surface area contributed by atoms with Gasteiger partial charge in [-0.3, -0.25) is 4.79 Å². The fourth-order valence-corrected chi connectivity index (χ4v) is 2.04. The molecule has 1 rings (SSSR count). The molecule has 0 heterocycles. The summed E-state index contributed by atoms with van der Waals surface area (Å²) < 4.78 is 21.8. The van der Waals surface area contributed by atoms with Gasteiger partial charge in [0.15, 0.2) is 0 Å². The van der Waals surface area contributed by atoms with Gasteiger partial charge in [-0.2, -0.15) is 0 Å². The zero-order valence-corrected chi connectivity index (χ0v) is 10.8. The standard InChI is InChI=1S/C11H16N2O4S/c1-18(16,17)6-2-5-13-11(15)9-7-8(14)3-4-10(9)12/h3-4,7,14H,2,5-6,12H2,1H3,(H,13,15). The van der Waals surface area contributed by atoms with Crippen molar-refractivity contribution in [3.8, 4) is 5.75 Å². The van der Waals surface area contributed by atoms with Gasteiger partial charge in [0.2, 0.25) is 0 Å². The molecule has 0 aliphatic carbocycles. The third-order valence-corrected chi connectivity index (χ3v) is 3.29. The number of phenols is 1. The molecule has 6 nitrogen and oxygen atoms in total. The van der Waals surface area contributed by atoms with Crippen LogP contribution in [-0.2, 0) is 9.84 Å². The van der Waals surface area contributed by atoms with E-state index in [0.29, 0.717) is 6.42 Å². The van der Waals surface area contributed by atoms with Gasteiger partial charge in [-0.25, -0.2) is 8.42 Å². The quantitative estimate of drug-likeness (QED) is 0.401. The summed E-state index contributed by atoms with van der Waals surface area (Å²) >= 11 is 0. The first-order valence-electron chi connectivity index (χ1n) is 5.34. The number of amides is 1. The van der Waals surface area contributed by atoms with Gasteiger partial charge in [0.1, 0.15) is 15.6 Å². The van der Waals surface area contributed by atoms with Crippen molar-refractivity contribution in [2.75, 3.05) is 24.3 Å². The smallest absolute Gasteiger partial charge is 0.253 e. The number of phenolic OH excluding ortho intramolecular Hbond substituents is 1. The highest BCUT2D eigenvalue weighted by Gasteiger charge is 2.10. The van der Waals surface area contributed by atoms with Gasteiger partial charge < -0.3 is 16.2 Å². The van der Waals surface area contributed by atoms with Gasteiger partial charge in [0.05, 0.1) is 11.3 Å². The summed E-state index contributed by atoms with van der Waals surface area (Å²) in [5, 5.41) is 11.8. The number of sulfone groups is 1. The van der Waals surface area contributed by atoms with Crippen molar-refractivity contribution in [1.29, 1.82) is 0 Å². The zero-order valence-electron chi connectivity index (χ0n) is 10.0. The molecular formula is C11H16N2O4S. The maximum Gasteiger partial charge on any atom is 0.253 e. The van der Waals surface area contributed by atoms with Gasteiger partial charge >= 0.3 is 0 Å². The molecule has 100 valence electrons. The summed E-state index contributed by atoms with van der Waals surface area (Å²) in [6.45, 7) is 0.237. The van der Waals surface area contributed by atoms with Crippen LogP contribution in [0.3, 0.4) is 0 Å². The number of hydrogen-bond acceptors (Lipinski definition) is 5. The number of nitrogens with two attached hydrogens (primary N) is 1. The van der Waals surface area contributed by atoms with Gasteiger partial charge in [-0.15, -0.1) is 0 Å². The van der Waals surface area contributed by atoms with Crippen molar-refractivity contribution in [3.63, 3.8) is 0 Å². The molecule has 0 saturated carbocycles. The van der Waals surface area contributed by atoms with Crippen LogP contribution in [0, 0.1) is 0 Å². The monoisotopic (exact) mass is 272 g/mol. The minimum Gasteiger partial charge on any atom is -0.508 e. The van der Waals surface area contributed by atoms with E-state index in [1.54, 1.807) is 0 Å². The van der Waals surface area contributed by atoms with Crippen LogP contribution in [-0.4, -0.2) is 38.0 Å². The Kier molecular flexibility index (Phi) is 4.55. The van der Waals surface area contributed by atoms with Crippen molar-refractivity contribution in [2.24, 2.45) is 0 Å². The first-order chi connectivity index (χ1) is 8.29. The molecule has 0 unspecified atom stereocenters. The summed E-state index contributed by atoms with van der Waals surface area (Å²) in [5.74, 6) is -0.467. The molecule has 1 aromatic rings. The van der Waals surface area contributed by atoms with Crippen LogP contribution in [0.5, 0.6) is 5.75 Å². The van der Waals surface area contributed by atoms with E-state index in [9.17, 15) is 18.3 Å². The van der Waals surface area contributed by atoms with Crippen molar-refractivity contribution in [3.05, 3.63) is 23.8 Å². The van der Waals surface area contributed by atoms with Crippen molar-refractivity contribution in [2.45, 2.75) is 6.42 Å². The van der Waals surface area contributed by atoms with E-state index in [-0.39, 0.29) is 29.3 Å². The maximum absolute atomic E-state index is 11.7. The molecule has 0 fully saturated rings. The van der Waals surface area contributed by atoms with Gasteiger partial charge in [0.25, 0.3) is 5.91 Å². The second-order valence-corrected chi connectivity index (χ2v) is 6.27. The molecule has 7 heteroatoms. The molecule has 0 atom stereocenters. The SMILES string of the molecule is CS(=O)(=O)CCCNC(=O)c1cc(O)ccc1N. The Balaban J connectivity index is 2.53. The molecule has 4 N–H and O–H groups in total. The van der Waals surface area contributed by atoms with Crippen LogP contribution in [0.15, 0.2) is 18.2 Å². The minimum atomic E-state index is -3.02. The predicted molar refractivity (Wildman–Crippen MR) is 69.2 cm³/mol. The number of nitrogen functional groups attached to an aromatic ring is 1. The van der Waals surface area contributed by atoms with Crippen LogP contribution in [0.2, 0.25) is 0 Å². The Morgan fingerprint density at radius 1 is 1.44 bits per heavy atom. The maximum atomic E-state index is 11.7. The van der Waals surface area contributed by atoms with E-state index in [4.69, 9.17) is 5.73 Å². The molecule has 0 saturated heterocycles. The number of hydrogen-bond donors (Lipinski definition) is 3. The second-order valence-electron chi connectivity index (χ2n) is 4.01. The summed E-state index contributed by atoms with van der Waals surface area (Å²) in [6, 6.07) is 4.08. The van der Waals surface area contributed by atoms with Crippen LogP contribution >= 0.6 is 0 Å². The lowest BCUT2D eigenvalue weighted by atomic mass is 10.1. The Labute approximate surface area is 106 Å². The lowest BCUT2D eigenvalue weighted by molar-refractivity contribution is 0.0954. The van der Waals surface area contributed by atoms with Crippen molar-refractivity contribution >= 4 is 21.4 Å². The predicted octanol–water partition coefficient (Wildman–Crippen LogP) is 0.139. The van der Waals surface area contributed by atoms with Gasteiger partial charge in [-0.1, -0.05) is 0 Å². The highest BCUT2D eigenvalue weighted by atomic mass is 32.2. The molecule has 0 spiro atoms. The third kappa shape index (κ3) is 4.62. The topological polar surface area (TPSA) is 109 Å². The minimum absolute atomic E-state index is 0.0167. The van der Waals surface area contributed by atoms with Crippen LogP contribution in [0.25, 0.3) is 0 Å². The summed E-state index contributed by atoms with van der Waals surface area (Å²) in [4.78, 5) is 11.7. The van der Waals surface area contributed by atoms with E-state index in [2.05, 4.69) is 5.32 Å². The average molecular weight is 272 g/mol. The molecular weight excluding hydrogens is 256 g/mol. The fraction of sp³-hybridized carbons (Fsp3) is 0.364.